The molecule has 21 heavy (non-hydrogen) atoms. The first-order chi connectivity index (χ1) is 10.1. The summed E-state index contributed by atoms with van der Waals surface area (Å²) in [4.78, 5) is 13.2. The molecule has 1 aromatic rings. The van der Waals surface area contributed by atoms with Gasteiger partial charge in [0.05, 0.1) is 0 Å². The predicted molar refractivity (Wildman–Crippen MR) is 85.8 cm³/mol. The van der Waals surface area contributed by atoms with Gasteiger partial charge in [-0.25, -0.2) is 4.79 Å². The Bertz CT molecular complexity index is 570. The average Bonchev–Trinajstić information content (AvgIpc) is 2.89. The van der Waals surface area contributed by atoms with E-state index in [0.717, 1.165) is 23.7 Å². The Morgan fingerprint density at radius 3 is 2.90 bits per heavy atom. The Kier molecular flexibility index (Phi) is 4.20. The van der Waals surface area contributed by atoms with Crippen molar-refractivity contribution in [2.75, 3.05) is 11.4 Å². The molecule has 2 atom stereocenters. The third kappa shape index (κ3) is 3.08. The van der Waals surface area contributed by atoms with Crippen molar-refractivity contribution in [1.29, 1.82) is 0 Å². The fourth-order valence-corrected chi connectivity index (χ4v) is 3.94. The van der Waals surface area contributed by atoms with Gasteiger partial charge in [0.25, 0.3) is 0 Å². The number of carboxylic acids is 1. The third-order valence-electron chi connectivity index (χ3n) is 4.72. The minimum atomic E-state index is -0.923. The summed E-state index contributed by atoms with van der Waals surface area (Å²) >= 11 is 6.17. The molecule has 1 saturated heterocycles. The average molecular weight is 306 g/mol. The summed E-state index contributed by atoms with van der Waals surface area (Å²) in [6.07, 6.45) is 9.29. The Labute approximate surface area is 130 Å². The van der Waals surface area contributed by atoms with Crippen molar-refractivity contribution in [3.8, 4) is 0 Å². The Hall–Kier alpha value is -1.48. The van der Waals surface area contributed by atoms with Crippen LogP contribution in [0.25, 0.3) is 6.08 Å². The van der Waals surface area contributed by atoms with Gasteiger partial charge in [-0.2, -0.15) is 0 Å². The maximum absolute atomic E-state index is 10.8. The number of hydrogen-bond donors (Lipinski definition) is 1. The molecule has 1 aromatic carbocycles. The van der Waals surface area contributed by atoms with Crippen LogP contribution in [0, 0.1) is 5.92 Å². The molecule has 1 heterocycles. The van der Waals surface area contributed by atoms with Crippen LogP contribution in [0.4, 0.5) is 5.69 Å². The van der Waals surface area contributed by atoms with Crippen molar-refractivity contribution in [2.45, 2.75) is 38.1 Å². The monoisotopic (exact) mass is 305 g/mol. The van der Waals surface area contributed by atoms with E-state index in [1.807, 2.05) is 18.2 Å². The van der Waals surface area contributed by atoms with Gasteiger partial charge in [-0.15, -0.1) is 0 Å². The van der Waals surface area contributed by atoms with Crippen molar-refractivity contribution in [3.63, 3.8) is 0 Å². The second-order valence-corrected chi connectivity index (χ2v) is 6.41. The fourth-order valence-electron chi connectivity index (χ4n) is 3.77. The van der Waals surface area contributed by atoms with Gasteiger partial charge in [0.2, 0.25) is 0 Å². The second kappa shape index (κ2) is 6.10. The molecule has 3 nitrogen and oxygen atoms in total. The first-order valence-electron chi connectivity index (χ1n) is 7.62. The van der Waals surface area contributed by atoms with E-state index in [0.29, 0.717) is 11.1 Å². The molecule has 2 fully saturated rings. The van der Waals surface area contributed by atoms with E-state index in [2.05, 4.69) is 4.90 Å². The van der Waals surface area contributed by atoms with E-state index in [-0.39, 0.29) is 0 Å². The van der Waals surface area contributed by atoms with Crippen LogP contribution in [0.15, 0.2) is 24.3 Å². The lowest BCUT2D eigenvalue weighted by atomic mass is 9.85. The Morgan fingerprint density at radius 1 is 1.29 bits per heavy atom. The number of nitrogens with zero attached hydrogens (tertiary/aromatic N) is 1. The van der Waals surface area contributed by atoms with Crippen molar-refractivity contribution in [3.05, 3.63) is 34.9 Å². The molecule has 3 rings (SSSR count). The van der Waals surface area contributed by atoms with Crippen LogP contribution in [0.2, 0.25) is 5.02 Å². The minimum Gasteiger partial charge on any atom is -0.478 e. The molecule has 2 unspecified atom stereocenters. The van der Waals surface area contributed by atoms with Crippen LogP contribution in [-0.4, -0.2) is 23.7 Å². The van der Waals surface area contributed by atoms with E-state index < -0.39 is 5.97 Å². The van der Waals surface area contributed by atoms with Gasteiger partial charge in [-0.1, -0.05) is 30.5 Å². The molecule has 1 N–H and O–H groups in total. The van der Waals surface area contributed by atoms with Gasteiger partial charge in [0.1, 0.15) is 0 Å². The number of benzene rings is 1. The molecule has 0 amide bonds. The van der Waals surface area contributed by atoms with Crippen LogP contribution in [0.1, 0.15) is 37.7 Å². The maximum Gasteiger partial charge on any atom is 0.328 e. The van der Waals surface area contributed by atoms with Crippen molar-refractivity contribution in [1.82, 2.24) is 0 Å². The van der Waals surface area contributed by atoms with E-state index in [9.17, 15) is 4.79 Å². The molecule has 4 heteroatoms. The summed E-state index contributed by atoms with van der Waals surface area (Å²) in [5, 5.41) is 9.55. The molecule has 1 aliphatic carbocycles. The highest BCUT2D eigenvalue weighted by Crippen LogP contribution is 2.40. The van der Waals surface area contributed by atoms with E-state index >= 15 is 0 Å². The van der Waals surface area contributed by atoms with Gasteiger partial charge < -0.3 is 10.0 Å². The lowest BCUT2D eigenvalue weighted by Crippen LogP contribution is -2.35. The van der Waals surface area contributed by atoms with Crippen LogP contribution < -0.4 is 4.90 Å². The molecule has 0 aromatic heterocycles. The molecule has 0 radical (unpaired) electrons. The zero-order valence-electron chi connectivity index (χ0n) is 12.0. The summed E-state index contributed by atoms with van der Waals surface area (Å²) in [5.74, 6) is -0.137. The molecular weight excluding hydrogens is 286 g/mol. The van der Waals surface area contributed by atoms with Crippen molar-refractivity contribution < 1.29 is 9.90 Å². The van der Waals surface area contributed by atoms with Gasteiger partial charge in [-0.05, 0) is 49.0 Å². The van der Waals surface area contributed by atoms with Gasteiger partial charge in [-0.3, -0.25) is 0 Å². The van der Waals surface area contributed by atoms with E-state index in [4.69, 9.17) is 16.7 Å². The molecule has 1 saturated carbocycles. The first kappa shape index (κ1) is 14.5. The number of halogens is 1. The second-order valence-electron chi connectivity index (χ2n) is 5.97. The fraction of sp³-hybridized carbons (Fsp3) is 0.471. The zero-order valence-corrected chi connectivity index (χ0v) is 12.7. The SMILES string of the molecule is O=C(O)/C=C/c1ccc(Cl)cc1N1CCC2CCCCC21. The standard InChI is InChI=1S/C17H20ClNO2/c18-14-7-5-13(6-8-17(20)21)16(11-14)19-10-9-12-3-1-2-4-15(12)19/h5-8,11-12,15H,1-4,9-10H2,(H,20,21)/b8-6+. The highest BCUT2D eigenvalue weighted by Gasteiger charge is 2.36. The van der Waals surface area contributed by atoms with Crippen LogP contribution in [-0.2, 0) is 4.79 Å². The van der Waals surface area contributed by atoms with E-state index in [1.54, 1.807) is 6.08 Å². The molecular formula is C17H20ClNO2. The number of rotatable bonds is 3. The molecule has 2 aliphatic rings. The first-order valence-corrected chi connectivity index (χ1v) is 8.00. The molecule has 0 bridgehead atoms. The Morgan fingerprint density at radius 2 is 2.10 bits per heavy atom. The topological polar surface area (TPSA) is 40.5 Å². The summed E-state index contributed by atoms with van der Waals surface area (Å²) in [6.45, 7) is 1.05. The number of carbonyl (C=O) groups is 1. The smallest absolute Gasteiger partial charge is 0.328 e. The highest BCUT2D eigenvalue weighted by molar-refractivity contribution is 6.31. The van der Waals surface area contributed by atoms with Crippen LogP contribution in [0.5, 0.6) is 0 Å². The number of carboxylic acid groups (broad SMARTS) is 1. The maximum atomic E-state index is 10.8. The lowest BCUT2D eigenvalue weighted by Gasteiger charge is -2.34. The number of fused-ring (bicyclic) bond motifs is 1. The lowest BCUT2D eigenvalue weighted by molar-refractivity contribution is -0.131. The predicted octanol–water partition coefficient (Wildman–Crippen LogP) is 4.21. The van der Waals surface area contributed by atoms with Crippen LogP contribution >= 0.6 is 11.6 Å². The van der Waals surface area contributed by atoms with Crippen molar-refractivity contribution >= 4 is 29.3 Å². The number of anilines is 1. The normalized spacial score (nSPS) is 25.3. The largest absolute Gasteiger partial charge is 0.478 e. The Balaban J connectivity index is 1.93. The third-order valence-corrected chi connectivity index (χ3v) is 4.95. The van der Waals surface area contributed by atoms with Gasteiger partial charge >= 0.3 is 5.97 Å². The number of hydrogen-bond acceptors (Lipinski definition) is 2. The summed E-state index contributed by atoms with van der Waals surface area (Å²) in [7, 11) is 0. The summed E-state index contributed by atoms with van der Waals surface area (Å²) in [6, 6.07) is 6.29. The van der Waals surface area contributed by atoms with Gasteiger partial charge in [0, 0.05) is 29.4 Å². The minimum absolute atomic E-state index is 0.592. The van der Waals surface area contributed by atoms with Crippen molar-refractivity contribution in [2.24, 2.45) is 5.92 Å². The highest BCUT2D eigenvalue weighted by atomic mass is 35.5. The van der Waals surface area contributed by atoms with E-state index in [1.165, 1.54) is 38.2 Å². The van der Waals surface area contributed by atoms with Crippen LogP contribution in [0.3, 0.4) is 0 Å². The van der Waals surface area contributed by atoms with Gasteiger partial charge in [0.15, 0.2) is 0 Å². The molecule has 112 valence electrons. The summed E-state index contributed by atoms with van der Waals surface area (Å²) < 4.78 is 0. The quantitative estimate of drug-likeness (QED) is 0.851. The molecule has 1 aliphatic heterocycles. The zero-order chi connectivity index (χ0) is 14.8. The summed E-state index contributed by atoms with van der Waals surface area (Å²) in [5.41, 5.74) is 2.02. The molecule has 0 spiro atoms. The number of aliphatic carboxylic acids is 1.